The number of anilines is 1. The number of aromatic nitrogens is 3. The van der Waals surface area contributed by atoms with Crippen molar-refractivity contribution in [3.63, 3.8) is 0 Å². The van der Waals surface area contributed by atoms with Crippen molar-refractivity contribution < 1.29 is 22.7 Å². The van der Waals surface area contributed by atoms with Crippen LogP contribution >= 0.6 is 0 Å². The van der Waals surface area contributed by atoms with Crippen LogP contribution in [0.4, 0.5) is 18.9 Å². The molecule has 2 aliphatic rings. The smallest absolute Gasteiger partial charge is 0.406 e. The molecule has 10 heteroatoms. The fraction of sp³-hybridized carbons (Fsp3) is 0.480. The van der Waals surface area contributed by atoms with Crippen LogP contribution in [-0.4, -0.2) is 46.5 Å². The zero-order chi connectivity index (χ0) is 24.8. The van der Waals surface area contributed by atoms with Gasteiger partial charge in [0.15, 0.2) is 5.65 Å². The number of alkyl halides is 3. The van der Waals surface area contributed by atoms with Gasteiger partial charge in [0, 0.05) is 37.2 Å². The molecule has 1 saturated heterocycles. The molecule has 3 heterocycles. The molecule has 5 rings (SSSR count). The summed E-state index contributed by atoms with van der Waals surface area (Å²) in [5.74, 6) is 0.0869. The van der Waals surface area contributed by atoms with Crippen molar-refractivity contribution in [2.45, 2.75) is 45.9 Å². The molecule has 186 valence electrons. The molecule has 1 amide bonds. The van der Waals surface area contributed by atoms with Gasteiger partial charge in [-0.25, -0.2) is 9.50 Å². The Bertz CT molecular complexity index is 1230. The lowest BCUT2D eigenvalue weighted by Gasteiger charge is -2.34. The SMILES string of the molecule is CCc1nn2c(C)ccnc2c1C(=O)NCC1CC12CCN(c1ccc(OC(F)(F)F)cc1)CC2. The summed E-state index contributed by atoms with van der Waals surface area (Å²) in [6, 6.07) is 7.90. The van der Waals surface area contributed by atoms with Crippen molar-refractivity contribution in [1.82, 2.24) is 19.9 Å². The zero-order valence-corrected chi connectivity index (χ0v) is 19.7. The van der Waals surface area contributed by atoms with E-state index in [-0.39, 0.29) is 17.1 Å². The summed E-state index contributed by atoms with van der Waals surface area (Å²) in [5.41, 5.74) is 3.94. The van der Waals surface area contributed by atoms with Crippen molar-refractivity contribution in [2.24, 2.45) is 11.3 Å². The minimum absolute atomic E-state index is 0.129. The molecule has 1 unspecified atom stereocenters. The quantitative estimate of drug-likeness (QED) is 0.553. The van der Waals surface area contributed by atoms with Crippen molar-refractivity contribution in [3.05, 3.63) is 53.5 Å². The number of carbonyl (C=O) groups excluding carboxylic acids is 1. The number of aryl methyl sites for hydroxylation is 2. The summed E-state index contributed by atoms with van der Waals surface area (Å²) >= 11 is 0. The number of ether oxygens (including phenoxy) is 1. The molecular weight excluding hydrogens is 459 g/mol. The van der Waals surface area contributed by atoms with Gasteiger partial charge in [-0.15, -0.1) is 13.2 Å². The second kappa shape index (κ2) is 8.73. The summed E-state index contributed by atoms with van der Waals surface area (Å²) < 4.78 is 42.8. The maximum absolute atomic E-state index is 13.1. The topological polar surface area (TPSA) is 71.8 Å². The van der Waals surface area contributed by atoms with E-state index in [1.165, 1.54) is 12.1 Å². The van der Waals surface area contributed by atoms with E-state index in [4.69, 9.17) is 0 Å². The number of nitrogens with one attached hydrogen (secondary N) is 1. The molecule has 0 bridgehead atoms. The van der Waals surface area contributed by atoms with E-state index >= 15 is 0 Å². The Labute approximate surface area is 201 Å². The van der Waals surface area contributed by atoms with Crippen LogP contribution in [0.25, 0.3) is 5.65 Å². The number of nitrogens with zero attached hydrogens (tertiary/aromatic N) is 4. The van der Waals surface area contributed by atoms with Gasteiger partial charge in [-0.05, 0) is 74.3 Å². The number of piperidine rings is 1. The first-order valence-electron chi connectivity index (χ1n) is 11.9. The molecule has 1 aliphatic carbocycles. The normalized spacial score (nSPS) is 19.2. The van der Waals surface area contributed by atoms with Crippen LogP contribution in [0, 0.1) is 18.3 Å². The summed E-state index contributed by atoms with van der Waals surface area (Å²) in [6.45, 7) is 6.21. The predicted octanol–water partition coefficient (Wildman–Crippen LogP) is 4.54. The lowest BCUT2D eigenvalue weighted by atomic mass is 9.90. The van der Waals surface area contributed by atoms with E-state index in [0.717, 1.165) is 49.4 Å². The third-order valence-electron chi connectivity index (χ3n) is 7.40. The maximum atomic E-state index is 13.1. The minimum atomic E-state index is -4.69. The van der Waals surface area contributed by atoms with Gasteiger partial charge >= 0.3 is 6.36 Å². The molecule has 1 spiro atoms. The molecule has 0 radical (unpaired) electrons. The largest absolute Gasteiger partial charge is 0.573 e. The second-order valence-electron chi connectivity index (χ2n) is 9.50. The summed E-state index contributed by atoms with van der Waals surface area (Å²) in [7, 11) is 0. The first-order valence-corrected chi connectivity index (χ1v) is 11.9. The molecule has 1 atom stereocenters. The Morgan fingerprint density at radius 3 is 2.57 bits per heavy atom. The third-order valence-corrected chi connectivity index (χ3v) is 7.40. The molecule has 2 aromatic heterocycles. The van der Waals surface area contributed by atoms with Crippen LogP contribution in [0.5, 0.6) is 5.75 Å². The number of hydrogen-bond acceptors (Lipinski definition) is 5. The van der Waals surface area contributed by atoms with Crippen molar-refractivity contribution in [2.75, 3.05) is 24.5 Å². The fourth-order valence-corrected chi connectivity index (χ4v) is 5.29. The van der Waals surface area contributed by atoms with Gasteiger partial charge in [-0.2, -0.15) is 5.10 Å². The van der Waals surface area contributed by atoms with E-state index in [0.29, 0.717) is 30.1 Å². The minimum Gasteiger partial charge on any atom is -0.406 e. The number of benzene rings is 1. The second-order valence-corrected chi connectivity index (χ2v) is 9.50. The number of rotatable bonds is 6. The average molecular weight is 488 g/mol. The Morgan fingerprint density at radius 2 is 1.91 bits per heavy atom. The Kier molecular flexibility index (Phi) is 5.85. The van der Waals surface area contributed by atoms with Gasteiger partial charge in [0.25, 0.3) is 5.91 Å². The van der Waals surface area contributed by atoms with E-state index in [2.05, 4.69) is 25.0 Å². The van der Waals surface area contributed by atoms with Crippen molar-refractivity contribution in [3.8, 4) is 5.75 Å². The van der Waals surface area contributed by atoms with Gasteiger partial charge < -0.3 is 15.0 Å². The van der Waals surface area contributed by atoms with Crippen molar-refractivity contribution >= 4 is 17.2 Å². The maximum Gasteiger partial charge on any atom is 0.573 e. The Hall–Kier alpha value is -3.30. The Morgan fingerprint density at radius 1 is 1.20 bits per heavy atom. The van der Waals surface area contributed by atoms with Gasteiger partial charge in [0.2, 0.25) is 0 Å². The van der Waals surface area contributed by atoms with E-state index < -0.39 is 6.36 Å². The molecule has 3 aromatic rings. The standard InChI is InChI=1S/C25H28F3N5O2/c1-3-20-21(22-29-11-8-16(2)33(22)31-20)23(34)30-15-17-14-24(17)9-12-32(13-10-24)18-4-6-19(7-5-18)35-25(26,27)28/h4-8,11,17H,3,9-10,12-15H2,1-2H3,(H,30,34). The van der Waals surface area contributed by atoms with E-state index in [1.807, 2.05) is 19.9 Å². The molecular formula is C25H28F3N5O2. The molecule has 2 fully saturated rings. The first-order chi connectivity index (χ1) is 16.7. The Balaban J connectivity index is 1.16. The first kappa shape index (κ1) is 23.4. The van der Waals surface area contributed by atoms with E-state index in [1.54, 1.807) is 22.8 Å². The average Bonchev–Trinajstić information content (AvgIpc) is 3.33. The lowest BCUT2D eigenvalue weighted by molar-refractivity contribution is -0.274. The molecule has 1 N–H and O–H groups in total. The van der Waals surface area contributed by atoms with Crippen LogP contribution in [0.15, 0.2) is 36.5 Å². The number of halogens is 3. The van der Waals surface area contributed by atoms with Gasteiger partial charge in [-0.1, -0.05) is 6.92 Å². The highest BCUT2D eigenvalue weighted by Gasteiger charge is 2.54. The molecule has 1 aliphatic heterocycles. The summed E-state index contributed by atoms with van der Waals surface area (Å²) in [5, 5.41) is 7.68. The number of fused-ring (bicyclic) bond motifs is 1. The van der Waals surface area contributed by atoms with Crippen LogP contribution in [-0.2, 0) is 6.42 Å². The fourth-order valence-electron chi connectivity index (χ4n) is 5.29. The highest BCUT2D eigenvalue weighted by atomic mass is 19.4. The zero-order valence-electron chi connectivity index (χ0n) is 19.7. The third kappa shape index (κ3) is 4.66. The summed E-state index contributed by atoms with van der Waals surface area (Å²) in [6.07, 6.45) is 0.722. The number of amides is 1. The number of hydrogen-bond donors (Lipinski definition) is 1. The van der Waals surface area contributed by atoms with Gasteiger partial charge in [-0.3, -0.25) is 4.79 Å². The lowest BCUT2D eigenvalue weighted by Crippen LogP contribution is -2.36. The van der Waals surface area contributed by atoms with Gasteiger partial charge in [0.05, 0.1) is 5.69 Å². The van der Waals surface area contributed by atoms with Crippen LogP contribution in [0.2, 0.25) is 0 Å². The van der Waals surface area contributed by atoms with Crippen LogP contribution < -0.4 is 15.0 Å². The molecule has 35 heavy (non-hydrogen) atoms. The molecule has 1 aromatic carbocycles. The van der Waals surface area contributed by atoms with Crippen LogP contribution in [0.1, 0.15) is 47.9 Å². The highest BCUT2D eigenvalue weighted by molar-refractivity contribution is 6.01. The monoisotopic (exact) mass is 487 g/mol. The molecule has 1 saturated carbocycles. The van der Waals surface area contributed by atoms with Crippen LogP contribution in [0.3, 0.4) is 0 Å². The molecule has 7 nitrogen and oxygen atoms in total. The number of carbonyl (C=O) groups is 1. The van der Waals surface area contributed by atoms with Crippen molar-refractivity contribution in [1.29, 1.82) is 0 Å². The highest BCUT2D eigenvalue weighted by Crippen LogP contribution is 2.59. The van der Waals surface area contributed by atoms with E-state index in [9.17, 15) is 18.0 Å². The summed E-state index contributed by atoms with van der Waals surface area (Å²) in [4.78, 5) is 19.7. The predicted molar refractivity (Wildman–Crippen MR) is 125 cm³/mol. The van der Waals surface area contributed by atoms with Gasteiger partial charge in [0.1, 0.15) is 11.3 Å².